The summed E-state index contributed by atoms with van der Waals surface area (Å²) in [6.07, 6.45) is 3.54. The second-order valence-electron chi connectivity index (χ2n) is 3.52. The van der Waals surface area contributed by atoms with Gasteiger partial charge in [-0.15, -0.1) is 0 Å². The largest absolute Gasteiger partial charge is 0.493 e. The topological polar surface area (TPSA) is 18.5 Å². The number of methoxy groups -OCH3 is 1. The van der Waals surface area contributed by atoms with Gasteiger partial charge in [0, 0.05) is 5.56 Å². The van der Waals surface area contributed by atoms with Crippen molar-refractivity contribution in [2.75, 3.05) is 13.7 Å². The molecule has 0 atom stereocenters. The standard InChI is InChI=1S/C12H16O2/c1-3-14-11-8-7-9-5-4-6-10(9)12(11)13-2/h7-8H,3-6H2,1-2H3. The summed E-state index contributed by atoms with van der Waals surface area (Å²) in [5, 5.41) is 0. The van der Waals surface area contributed by atoms with Gasteiger partial charge in [-0.25, -0.2) is 0 Å². The highest BCUT2D eigenvalue weighted by Gasteiger charge is 2.18. The monoisotopic (exact) mass is 192 g/mol. The first-order valence-electron chi connectivity index (χ1n) is 5.18. The van der Waals surface area contributed by atoms with Gasteiger partial charge in [-0.2, -0.15) is 0 Å². The molecule has 2 nitrogen and oxygen atoms in total. The van der Waals surface area contributed by atoms with Crippen LogP contribution in [-0.4, -0.2) is 13.7 Å². The molecule has 1 aromatic carbocycles. The molecule has 0 aromatic heterocycles. The van der Waals surface area contributed by atoms with E-state index in [4.69, 9.17) is 9.47 Å². The van der Waals surface area contributed by atoms with Crippen LogP contribution < -0.4 is 9.47 Å². The lowest BCUT2D eigenvalue weighted by Gasteiger charge is -2.12. The smallest absolute Gasteiger partial charge is 0.164 e. The lowest BCUT2D eigenvalue weighted by Crippen LogP contribution is -1.98. The summed E-state index contributed by atoms with van der Waals surface area (Å²) in [6.45, 7) is 2.68. The Labute approximate surface area is 84.8 Å². The summed E-state index contributed by atoms with van der Waals surface area (Å²) >= 11 is 0. The van der Waals surface area contributed by atoms with Gasteiger partial charge >= 0.3 is 0 Å². The van der Waals surface area contributed by atoms with Gasteiger partial charge in [-0.1, -0.05) is 6.07 Å². The van der Waals surface area contributed by atoms with E-state index in [2.05, 4.69) is 6.07 Å². The van der Waals surface area contributed by atoms with Crippen LogP contribution in [0, 0.1) is 0 Å². The van der Waals surface area contributed by atoms with Crippen LogP contribution in [0.25, 0.3) is 0 Å². The van der Waals surface area contributed by atoms with Crippen LogP contribution in [0.4, 0.5) is 0 Å². The third-order valence-corrected chi connectivity index (χ3v) is 2.70. The molecule has 76 valence electrons. The number of aryl methyl sites for hydroxylation is 1. The Hall–Kier alpha value is -1.18. The Morgan fingerprint density at radius 3 is 2.86 bits per heavy atom. The fourth-order valence-electron chi connectivity index (χ4n) is 2.10. The minimum atomic E-state index is 0.690. The second kappa shape index (κ2) is 3.91. The van der Waals surface area contributed by atoms with E-state index in [0.29, 0.717) is 6.61 Å². The van der Waals surface area contributed by atoms with Crippen molar-refractivity contribution >= 4 is 0 Å². The van der Waals surface area contributed by atoms with Crippen LogP contribution in [-0.2, 0) is 12.8 Å². The van der Waals surface area contributed by atoms with Crippen molar-refractivity contribution in [1.29, 1.82) is 0 Å². The summed E-state index contributed by atoms with van der Waals surface area (Å²) in [6, 6.07) is 4.18. The van der Waals surface area contributed by atoms with Crippen molar-refractivity contribution in [2.24, 2.45) is 0 Å². The summed E-state index contributed by atoms with van der Waals surface area (Å²) in [5.74, 6) is 1.83. The molecule has 0 heterocycles. The summed E-state index contributed by atoms with van der Waals surface area (Å²) in [4.78, 5) is 0. The lowest BCUT2D eigenvalue weighted by molar-refractivity contribution is 0.309. The van der Waals surface area contributed by atoms with Crippen LogP contribution in [0.3, 0.4) is 0 Å². The first-order chi connectivity index (χ1) is 6.86. The third kappa shape index (κ3) is 1.45. The third-order valence-electron chi connectivity index (χ3n) is 2.70. The SMILES string of the molecule is CCOc1ccc2c(c1OC)CCC2. The Balaban J connectivity index is 2.43. The molecule has 0 bridgehead atoms. The maximum atomic E-state index is 5.53. The molecule has 0 radical (unpaired) electrons. The van der Waals surface area contributed by atoms with Gasteiger partial charge in [-0.05, 0) is 37.8 Å². The zero-order chi connectivity index (χ0) is 9.97. The minimum Gasteiger partial charge on any atom is -0.493 e. The highest BCUT2D eigenvalue weighted by molar-refractivity contribution is 5.52. The molecular formula is C12H16O2. The van der Waals surface area contributed by atoms with Gasteiger partial charge in [0.15, 0.2) is 11.5 Å². The van der Waals surface area contributed by atoms with Crippen molar-refractivity contribution < 1.29 is 9.47 Å². The van der Waals surface area contributed by atoms with E-state index in [1.54, 1.807) is 7.11 Å². The highest BCUT2D eigenvalue weighted by atomic mass is 16.5. The fourth-order valence-corrected chi connectivity index (χ4v) is 2.10. The fraction of sp³-hybridized carbons (Fsp3) is 0.500. The Kier molecular flexibility index (Phi) is 2.62. The van der Waals surface area contributed by atoms with Gasteiger partial charge in [0.05, 0.1) is 13.7 Å². The minimum absolute atomic E-state index is 0.690. The van der Waals surface area contributed by atoms with Gasteiger partial charge in [0.2, 0.25) is 0 Å². The average molecular weight is 192 g/mol. The zero-order valence-electron chi connectivity index (χ0n) is 8.80. The Bertz CT molecular complexity index is 331. The number of hydrogen-bond acceptors (Lipinski definition) is 2. The predicted octanol–water partition coefficient (Wildman–Crippen LogP) is 2.58. The molecule has 0 N–H and O–H groups in total. The maximum absolute atomic E-state index is 5.53. The first-order valence-corrected chi connectivity index (χ1v) is 5.18. The zero-order valence-corrected chi connectivity index (χ0v) is 8.80. The molecule has 1 aromatic rings. The Morgan fingerprint density at radius 2 is 2.14 bits per heavy atom. The summed E-state index contributed by atoms with van der Waals surface area (Å²) in [5.41, 5.74) is 2.77. The quantitative estimate of drug-likeness (QED) is 0.732. The molecule has 0 fully saturated rings. The van der Waals surface area contributed by atoms with E-state index in [9.17, 15) is 0 Å². The Morgan fingerprint density at radius 1 is 1.29 bits per heavy atom. The van der Waals surface area contributed by atoms with Crippen LogP contribution in [0.5, 0.6) is 11.5 Å². The molecular weight excluding hydrogens is 176 g/mol. The van der Waals surface area contributed by atoms with Crippen molar-refractivity contribution in [3.63, 3.8) is 0 Å². The lowest BCUT2D eigenvalue weighted by atomic mass is 10.1. The van der Waals surface area contributed by atoms with E-state index in [0.717, 1.165) is 17.9 Å². The first kappa shape index (κ1) is 9.38. The number of ether oxygens (including phenoxy) is 2. The van der Waals surface area contributed by atoms with Crippen LogP contribution in [0.1, 0.15) is 24.5 Å². The molecule has 0 saturated heterocycles. The van der Waals surface area contributed by atoms with E-state index in [-0.39, 0.29) is 0 Å². The van der Waals surface area contributed by atoms with Crippen LogP contribution in [0.2, 0.25) is 0 Å². The molecule has 2 rings (SSSR count). The van der Waals surface area contributed by atoms with Gasteiger partial charge in [0.25, 0.3) is 0 Å². The molecule has 2 heteroatoms. The van der Waals surface area contributed by atoms with E-state index in [1.165, 1.54) is 24.0 Å². The molecule has 0 amide bonds. The molecule has 1 aliphatic rings. The van der Waals surface area contributed by atoms with Crippen LogP contribution in [0.15, 0.2) is 12.1 Å². The molecule has 0 aliphatic heterocycles. The maximum Gasteiger partial charge on any atom is 0.164 e. The number of benzene rings is 1. The van der Waals surface area contributed by atoms with Crippen molar-refractivity contribution in [3.05, 3.63) is 23.3 Å². The molecule has 0 spiro atoms. The predicted molar refractivity (Wildman–Crippen MR) is 56.2 cm³/mol. The number of rotatable bonds is 3. The summed E-state index contributed by atoms with van der Waals surface area (Å²) in [7, 11) is 1.72. The van der Waals surface area contributed by atoms with Gasteiger partial charge in [-0.3, -0.25) is 0 Å². The molecule has 1 aliphatic carbocycles. The highest BCUT2D eigenvalue weighted by Crippen LogP contribution is 2.38. The van der Waals surface area contributed by atoms with E-state index >= 15 is 0 Å². The van der Waals surface area contributed by atoms with E-state index < -0.39 is 0 Å². The van der Waals surface area contributed by atoms with Gasteiger partial charge < -0.3 is 9.47 Å². The number of hydrogen-bond donors (Lipinski definition) is 0. The second-order valence-corrected chi connectivity index (χ2v) is 3.52. The molecule has 14 heavy (non-hydrogen) atoms. The van der Waals surface area contributed by atoms with E-state index in [1.807, 2.05) is 13.0 Å². The van der Waals surface area contributed by atoms with Crippen LogP contribution >= 0.6 is 0 Å². The van der Waals surface area contributed by atoms with Crippen molar-refractivity contribution in [2.45, 2.75) is 26.2 Å². The van der Waals surface area contributed by atoms with Crippen molar-refractivity contribution in [1.82, 2.24) is 0 Å². The average Bonchev–Trinajstić information content (AvgIpc) is 2.66. The summed E-state index contributed by atoms with van der Waals surface area (Å²) < 4.78 is 10.9. The van der Waals surface area contributed by atoms with Crippen molar-refractivity contribution in [3.8, 4) is 11.5 Å². The number of fused-ring (bicyclic) bond motifs is 1. The molecule has 0 saturated carbocycles. The normalized spacial score (nSPS) is 13.9. The van der Waals surface area contributed by atoms with Gasteiger partial charge in [0.1, 0.15) is 0 Å². The molecule has 0 unspecified atom stereocenters.